The first-order chi connectivity index (χ1) is 9.28. The average Bonchev–Trinajstić information content (AvgIpc) is 2.82. The number of rotatable bonds is 3. The minimum absolute atomic E-state index is 0.221. The molecule has 1 atom stereocenters. The molecule has 1 amide bonds. The topological polar surface area (TPSA) is 46.3 Å². The minimum Gasteiger partial charge on any atom is -0.337 e. The lowest BCUT2D eigenvalue weighted by Gasteiger charge is -2.26. The molecule has 0 aromatic heterocycles. The van der Waals surface area contributed by atoms with Crippen LogP contribution in [0.2, 0.25) is 0 Å². The molecule has 0 aliphatic carbocycles. The molecule has 6 heteroatoms. The summed E-state index contributed by atoms with van der Waals surface area (Å²) in [6.45, 7) is 2.71. The van der Waals surface area contributed by atoms with Crippen molar-refractivity contribution in [3.63, 3.8) is 0 Å². The molecule has 1 aliphatic heterocycles. The number of alkyl halides is 2. The van der Waals surface area contributed by atoms with Crippen molar-refractivity contribution in [1.82, 2.24) is 4.90 Å². The quantitative estimate of drug-likeness (QED) is 0.925. The number of carbonyl (C=O) groups excluding carboxylic acids is 1. The second-order valence-electron chi connectivity index (χ2n) is 5.57. The highest BCUT2D eigenvalue weighted by Gasteiger charge is 2.47. The monoisotopic (exact) mass is 286 g/mol. The summed E-state index contributed by atoms with van der Waals surface area (Å²) in [5, 5.41) is 0. The smallest absolute Gasteiger partial charge is 0.337 e. The van der Waals surface area contributed by atoms with Crippen LogP contribution in [0.4, 0.5) is 13.2 Å². The fraction of sp³-hybridized carbons (Fsp3) is 0.500. The molecule has 20 heavy (non-hydrogen) atoms. The Labute approximate surface area is 115 Å². The molecule has 1 aliphatic rings. The number of hydrogen-bond acceptors (Lipinski definition) is 2. The third-order valence-corrected chi connectivity index (χ3v) is 3.81. The van der Waals surface area contributed by atoms with Gasteiger partial charge in [0.05, 0.1) is 0 Å². The van der Waals surface area contributed by atoms with Crippen molar-refractivity contribution in [1.29, 1.82) is 0 Å². The highest BCUT2D eigenvalue weighted by atomic mass is 19.3. The van der Waals surface area contributed by atoms with E-state index in [4.69, 9.17) is 5.73 Å². The van der Waals surface area contributed by atoms with Crippen LogP contribution in [0.15, 0.2) is 24.3 Å². The molecule has 0 saturated carbocycles. The third kappa shape index (κ3) is 2.65. The first-order valence-corrected chi connectivity index (χ1v) is 6.42. The summed E-state index contributed by atoms with van der Waals surface area (Å²) in [6.07, 6.45) is 0.606. The van der Waals surface area contributed by atoms with Gasteiger partial charge >= 0.3 is 5.92 Å². The van der Waals surface area contributed by atoms with Gasteiger partial charge in [-0.2, -0.15) is 8.78 Å². The van der Waals surface area contributed by atoms with Gasteiger partial charge in [-0.05, 0) is 42.6 Å². The minimum atomic E-state index is -3.65. The average molecular weight is 286 g/mol. The molecule has 110 valence electrons. The van der Waals surface area contributed by atoms with Crippen molar-refractivity contribution in [2.75, 3.05) is 19.6 Å². The van der Waals surface area contributed by atoms with Crippen molar-refractivity contribution >= 4 is 5.91 Å². The third-order valence-electron chi connectivity index (χ3n) is 3.81. The maximum Gasteiger partial charge on any atom is 0.349 e. The lowest BCUT2D eigenvalue weighted by atomic mass is 9.90. The number of nitrogens with two attached hydrogens (primary N) is 1. The van der Waals surface area contributed by atoms with Crippen molar-refractivity contribution in [2.45, 2.75) is 19.3 Å². The van der Waals surface area contributed by atoms with Crippen LogP contribution in [0.1, 0.15) is 18.9 Å². The van der Waals surface area contributed by atoms with Crippen molar-refractivity contribution in [3.05, 3.63) is 35.6 Å². The van der Waals surface area contributed by atoms with Gasteiger partial charge in [-0.3, -0.25) is 4.79 Å². The molecule has 1 heterocycles. The Morgan fingerprint density at radius 1 is 1.40 bits per heavy atom. The predicted molar refractivity (Wildman–Crippen MR) is 68.7 cm³/mol. The summed E-state index contributed by atoms with van der Waals surface area (Å²) in [6, 6.07) is 3.71. The molecule has 3 nitrogen and oxygen atoms in total. The van der Waals surface area contributed by atoms with Gasteiger partial charge in [-0.25, -0.2) is 4.39 Å². The van der Waals surface area contributed by atoms with Crippen molar-refractivity contribution in [2.24, 2.45) is 11.1 Å². The Bertz CT molecular complexity index is 504. The Hall–Kier alpha value is -1.56. The van der Waals surface area contributed by atoms with E-state index in [1.807, 2.05) is 6.92 Å². The Morgan fingerprint density at radius 2 is 2.00 bits per heavy atom. The maximum atomic E-state index is 14.1. The Kier molecular flexibility index (Phi) is 3.77. The molecular weight excluding hydrogens is 269 g/mol. The Balaban J connectivity index is 2.18. The molecule has 0 spiro atoms. The van der Waals surface area contributed by atoms with Gasteiger partial charge < -0.3 is 10.6 Å². The number of nitrogens with zero attached hydrogens (tertiary/aromatic N) is 1. The largest absolute Gasteiger partial charge is 0.349 e. The van der Waals surface area contributed by atoms with Gasteiger partial charge in [0.2, 0.25) is 0 Å². The van der Waals surface area contributed by atoms with E-state index in [1.165, 1.54) is 0 Å². The maximum absolute atomic E-state index is 14.1. The second kappa shape index (κ2) is 5.09. The molecule has 1 fully saturated rings. The van der Waals surface area contributed by atoms with E-state index in [2.05, 4.69) is 0 Å². The SMILES string of the molecule is CC1(CN)CCN(C(=O)C(F)(F)c2ccc(F)cc2)C1. The Morgan fingerprint density at radius 3 is 2.50 bits per heavy atom. The van der Waals surface area contributed by atoms with Gasteiger partial charge in [-0.15, -0.1) is 0 Å². The van der Waals surface area contributed by atoms with E-state index in [9.17, 15) is 18.0 Å². The molecule has 0 bridgehead atoms. The number of halogens is 3. The molecule has 2 rings (SSSR count). The number of benzene rings is 1. The van der Waals surface area contributed by atoms with Crippen molar-refractivity contribution in [3.8, 4) is 0 Å². The van der Waals surface area contributed by atoms with E-state index in [-0.39, 0.29) is 18.5 Å². The lowest BCUT2D eigenvalue weighted by Crippen LogP contribution is -2.42. The summed E-state index contributed by atoms with van der Waals surface area (Å²) in [4.78, 5) is 13.1. The van der Waals surface area contributed by atoms with Crippen LogP contribution in [-0.4, -0.2) is 30.4 Å². The summed E-state index contributed by atoms with van der Waals surface area (Å²) in [7, 11) is 0. The standard InChI is InChI=1S/C14H17F3N2O/c1-13(8-18)6-7-19(9-13)12(20)14(16,17)10-2-4-11(15)5-3-10/h2-5H,6-9,18H2,1H3. The first-order valence-electron chi connectivity index (χ1n) is 6.42. The first kappa shape index (κ1) is 14.8. The number of likely N-dealkylation sites (tertiary alicyclic amines) is 1. The zero-order valence-corrected chi connectivity index (χ0v) is 11.2. The predicted octanol–water partition coefficient (Wildman–Crippen LogP) is 2.11. The van der Waals surface area contributed by atoms with Crippen LogP contribution in [0.3, 0.4) is 0 Å². The van der Waals surface area contributed by atoms with Crippen LogP contribution in [0.25, 0.3) is 0 Å². The van der Waals surface area contributed by atoms with E-state index >= 15 is 0 Å². The molecule has 1 saturated heterocycles. The van der Waals surface area contributed by atoms with Crippen molar-refractivity contribution < 1.29 is 18.0 Å². The molecule has 1 unspecified atom stereocenters. The second-order valence-corrected chi connectivity index (χ2v) is 5.57. The number of hydrogen-bond donors (Lipinski definition) is 1. The fourth-order valence-electron chi connectivity index (χ4n) is 2.34. The summed E-state index contributed by atoms with van der Waals surface area (Å²) >= 11 is 0. The zero-order valence-electron chi connectivity index (χ0n) is 11.2. The highest BCUT2D eigenvalue weighted by molar-refractivity contribution is 5.85. The molecular formula is C14H17F3N2O. The van der Waals surface area contributed by atoms with E-state index < -0.39 is 23.2 Å². The molecule has 0 radical (unpaired) electrons. The fourth-order valence-corrected chi connectivity index (χ4v) is 2.34. The van der Waals surface area contributed by atoms with Gasteiger partial charge in [0, 0.05) is 18.7 Å². The normalized spacial score (nSPS) is 23.1. The molecule has 2 N–H and O–H groups in total. The van der Waals surface area contributed by atoms with Gasteiger partial charge in [0.25, 0.3) is 5.91 Å². The van der Waals surface area contributed by atoms with Crippen LogP contribution in [0.5, 0.6) is 0 Å². The van der Waals surface area contributed by atoms with E-state index in [0.29, 0.717) is 13.0 Å². The van der Waals surface area contributed by atoms with Gasteiger partial charge in [0.15, 0.2) is 0 Å². The van der Waals surface area contributed by atoms with E-state index in [0.717, 1.165) is 29.2 Å². The number of amides is 1. The molecule has 1 aromatic rings. The lowest BCUT2D eigenvalue weighted by molar-refractivity contribution is -0.158. The van der Waals surface area contributed by atoms with Crippen LogP contribution in [0, 0.1) is 11.2 Å². The number of carbonyl (C=O) groups is 1. The highest BCUT2D eigenvalue weighted by Crippen LogP contribution is 2.35. The summed E-state index contributed by atoms with van der Waals surface area (Å²) in [5.74, 6) is -5.51. The van der Waals surface area contributed by atoms with Crippen LogP contribution in [-0.2, 0) is 10.7 Å². The van der Waals surface area contributed by atoms with Gasteiger partial charge in [-0.1, -0.05) is 6.92 Å². The summed E-state index contributed by atoms with van der Waals surface area (Å²) < 4.78 is 41.1. The zero-order chi connectivity index (χ0) is 15.0. The van der Waals surface area contributed by atoms with Gasteiger partial charge in [0.1, 0.15) is 5.82 Å². The van der Waals surface area contributed by atoms with Crippen LogP contribution < -0.4 is 5.73 Å². The van der Waals surface area contributed by atoms with Crippen LogP contribution >= 0.6 is 0 Å². The summed E-state index contributed by atoms with van der Waals surface area (Å²) in [5.41, 5.74) is 4.79. The van der Waals surface area contributed by atoms with E-state index in [1.54, 1.807) is 0 Å². The molecule has 1 aromatic carbocycles.